The Hall–Kier alpha value is -4.64. The van der Waals surface area contributed by atoms with E-state index in [1.807, 2.05) is 78.9 Å². The first-order chi connectivity index (χ1) is 20.2. The second-order valence-electron chi connectivity index (χ2n) is 9.60. The molecule has 0 aliphatic heterocycles. The van der Waals surface area contributed by atoms with E-state index in [4.69, 9.17) is 14.6 Å². The Labute approximate surface area is 252 Å². The summed E-state index contributed by atoms with van der Waals surface area (Å²) in [5.74, 6) is 0.939. The Morgan fingerprint density at radius 2 is 1.22 bits per heavy atom. The van der Waals surface area contributed by atoms with Crippen molar-refractivity contribution in [3.8, 4) is 0 Å². The monoisotopic (exact) mass is 644 g/mol. The summed E-state index contributed by atoms with van der Waals surface area (Å²) in [7, 11) is 0. The first-order valence-corrected chi connectivity index (χ1v) is 14.5. The van der Waals surface area contributed by atoms with Gasteiger partial charge in [0.25, 0.3) is 5.76 Å². The van der Waals surface area contributed by atoms with Crippen molar-refractivity contribution < 1.29 is 8.83 Å². The molecule has 41 heavy (non-hydrogen) atoms. The zero-order chi connectivity index (χ0) is 28.0. The van der Waals surface area contributed by atoms with Crippen LogP contribution in [0, 0.1) is 6.08 Å². The predicted molar refractivity (Wildman–Crippen MR) is 180 cm³/mol. The van der Waals surface area contributed by atoms with Gasteiger partial charge in [-0.2, -0.15) is 0 Å². The number of allylic oxidation sites excluding steroid dienone is 2. The second kappa shape index (κ2) is 12.3. The van der Waals surface area contributed by atoms with E-state index in [0.717, 1.165) is 38.2 Å². The number of benzene rings is 5. The average molecular weight is 645 g/mol. The average Bonchev–Trinajstić information content (AvgIpc) is 3.59. The van der Waals surface area contributed by atoms with Gasteiger partial charge in [-0.25, -0.2) is 0 Å². The number of hydrogen-bond acceptors (Lipinski definition) is 3. The van der Waals surface area contributed by atoms with E-state index in [0.29, 0.717) is 0 Å². The van der Waals surface area contributed by atoms with E-state index in [9.17, 15) is 0 Å². The molecule has 2 N–H and O–H groups in total. The lowest BCUT2D eigenvalue weighted by Gasteiger charge is -2.02. The summed E-state index contributed by atoms with van der Waals surface area (Å²) >= 11 is 2.24. The van der Waals surface area contributed by atoms with Crippen molar-refractivity contribution in [3.63, 3.8) is 0 Å². The van der Waals surface area contributed by atoms with Crippen LogP contribution in [0.4, 0.5) is 5.69 Å². The van der Waals surface area contributed by atoms with E-state index in [1.165, 1.54) is 32.8 Å². The fourth-order valence-electron chi connectivity index (χ4n) is 4.87. The molecule has 1 aliphatic rings. The molecule has 5 aromatic carbocycles. The molecular formula is C37H27INO2+. The lowest BCUT2D eigenvalue weighted by molar-refractivity contribution is 0.602. The van der Waals surface area contributed by atoms with Crippen LogP contribution in [0.5, 0.6) is 0 Å². The number of para-hydroxylation sites is 4. The van der Waals surface area contributed by atoms with Crippen LogP contribution in [-0.2, 0) is 6.42 Å². The zero-order valence-electron chi connectivity index (χ0n) is 22.3. The maximum absolute atomic E-state index is 6.06. The lowest BCUT2D eigenvalue weighted by Crippen LogP contribution is -1.87. The molecular weight excluding hydrogens is 617 g/mol. The molecule has 0 amide bonds. The number of furan rings is 2. The summed E-state index contributed by atoms with van der Waals surface area (Å²) in [5, 5.41) is 3.57. The molecule has 8 rings (SSSR count). The third-order valence-electron chi connectivity index (χ3n) is 6.82. The number of hydrogen-bond donors (Lipinski definition) is 1. The summed E-state index contributed by atoms with van der Waals surface area (Å²) in [6.07, 6.45) is 8.01. The van der Waals surface area contributed by atoms with Gasteiger partial charge in [0.1, 0.15) is 22.8 Å². The fourth-order valence-corrected chi connectivity index (χ4v) is 5.45. The minimum Gasteiger partial charge on any atom is -0.456 e. The molecule has 0 fully saturated rings. The summed E-state index contributed by atoms with van der Waals surface area (Å²) in [6, 6.07) is 42.7. The van der Waals surface area contributed by atoms with Gasteiger partial charge in [0.15, 0.2) is 5.58 Å². The molecule has 2 aromatic heterocycles. The Morgan fingerprint density at radius 1 is 0.610 bits per heavy atom. The first kappa shape index (κ1) is 26.6. The Balaban J connectivity index is 0.000000124. The van der Waals surface area contributed by atoms with Crippen molar-refractivity contribution in [2.24, 2.45) is 0 Å². The van der Waals surface area contributed by atoms with E-state index < -0.39 is 0 Å². The van der Waals surface area contributed by atoms with Gasteiger partial charge in [0.2, 0.25) is 3.58 Å². The maximum atomic E-state index is 6.06. The Kier molecular flexibility index (Phi) is 7.94. The molecule has 0 bridgehead atoms. The second-order valence-corrected chi connectivity index (χ2v) is 10.7. The van der Waals surface area contributed by atoms with Gasteiger partial charge < -0.3 is 14.6 Å². The van der Waals surface area contributed by atoms with E-state index >= 15 is 0 Å². The zero-order valence-corrected chi connectivity index (χ0v) is 24.4. The van der Waals surface area contributed by atoms with E-state index in [2.05, 4.69) is 89.3 Å². The lowest BCUT2D eigenvalue weighted by atomic mass is 10.0. The third-order valence-corrected chi connectivity index (χ3v) is 7.62. The summed E-state index contributed by atoms with van der Waals surface area (Å²) in [6.45, 7) is 0. The summed E-state index contributed by atoms with van der Waals surface area (Å²) in [4.78, 5) is 0. The van der Waals surface area contributed by atoms with Crippen molar-refractivity contribution in [1.29, 1.82) is 0 Å². The third kappa shape index (κ3) is 5.94. The minimum absolute atomic E-state index is 0.822. The fraction of sp³-hybridized carbons (Fsp3) is 0.0270. The van der Waals surface area contributed by atoms with E-state index in [-0.39, 0.29) is 0 Å². The normalized spacial score (nSPS) is 11.6. The van der Waals surface area contributed by atoms with E-state index in [1.54, 1.807) is 0 Å². The number of anilines is 1. The van der Waals surface area contributed by atoms with Gasteiger partial charge in [-0.15, -0.1) is 0 Å². The molecule has 7 aromatic rings. The highest BCUT2D eigenvalue weighted by Gasteiger charge is 2.24. The Bertz CT molecular complexity index is 1980. The molecule has 4 heteroatoms. The van der Waals surface area contributed by atoms with Crippen LogP contribution in [0.25, 0.3) is 42.6 Å². The molecule has 0 atom stereocenters. The highest BCUT2D eigenvalue weighted by atomic mass is 127. The number of halogens is 1. The van der Waals surface area contributed by atoms with Crippen LogP contribution in [0.15, 0.2) is 142 Å². The molecule has 3 nitrogen and oxygen atoms in total. The summed E-state index contributed by atoms with van der Waals surface area (Å²) < 4.78 is 12.8. The number of nitrogens with two attached hydrogens (primary N) is 1. The van der Waals surface area contributed by atoms with Crippen LogP contribution < -0.4 is 5.73 Å². The van der Waals surface area contributed by atoms with Crippen LogP contribution in [-0.4, -0.2) is 0 Å². The van der Waals surface area contributed by atoms with Crippen molar-refractivity contribution in [3.05, 3.63) is 162 Å². The van der Waals surface area contributed by atoms with Crippen LogP contribution in [0.2, 0.25) is 0 Å². The maximum Gasteiger partial charge on any atom is 0.263 e. The molecule has 198 valence electrons. The smallest absolute Gasteiger partial charge is 0.263 e. The first-order valence-electron chi connectivity index (χ1n) is 13.4. The SMILES string of the molecule is IC1=[C+]C=Cc2c1oc1ccccc21.Nc1ccccc1.c1ccc(Cc2cccc3c2oc2ccccc23)cc1. The van der Waals surface area contributed by atoms with Crippen molar-refractivity contribution in [1.82, 2.24) is 0 Å². The molecule has 1 aliphatic carbocycles. The molecule has 0 spiro atoms. The van der Waals surface area contributed by atoms with Crippen molar-refractivity contribution in [2.45, 2.75) is 6.42 Å². The van der Waals surface area contributed by atoms with Gasteiger partial charge in [0, 0.05) is 45.5 Å². The number of fused-ring (bicyclic) bond motifs is 6. The highest BCUT2D eigenvalue weighted by molar-refractivity contribution is 14.1. The summed E-state index contributed by atoms with van der Waals surface area (Å²) in [5.41, 5.74) is 12.8. The predicted octanol–water partition coefficient (Wildman–Crippen LogP) is 10.5. The molecule has 0 saturated carbocycles. The molecule has 2 heterocycles. The Morgan fingerprint density at radius 3 is 1.93 bits per heavy atom. The van der Waals surface area contributed by atoms with Gasteiger partial charge in [-0.3, -0.25) is 0 Å². The molecule has 0 unspecified atom stereocenters. The minimum atomic E-state index is 0.822. The van der Waals surface area contributed by atoms with Gasteiger partial charge in [-0.1, -0.05) is 97.1 Å². The number of rotatable bonds is 2. The van der Waals surface area contributed by atoms with Crippen LogP contribution >= 0.6 is 22.6 Å². The standard InChI is InChI=1S/C19H14O.C12H6IO.C6H7N/c1-2-7-14(8-3-1)13-15-9-6-11-17-16-10-4-5-12-18(16)20-19(15)17;13-10-6-3-5-9-8-4-1-2-7-11(8)14-12(9)10;7-6-4-2-1-3-5-6/h1-12H,13H2;1-5,7H;1-5H,7H2/q;+1;. The van der Waals surface area contributed by atoms with Crippen molar-refractivity contribution in [2.75, 3.05) is 5.73 Å². The van der Waals surface area contributed by atoms with Gasteiger partial charge in [0.05, 0.1) is 17.5 Å². The molecule has 0 saturated heterocycles. The van der Waals surface area contributed by atoms with Gasteiger partial charge >= 0.3 is 0 Å². The topological polar surface area (TPSA) is 52.3 Å². The molecule has 0 radical (unpaired) electrons. The quantitative estimate of drug-likeness (QED) is 0.116. The highest BCUT2D eigenvalue weighted by Crippen LogP contribution is 2.36. The van der Waals surface area contributed by atoms with Crippen LogP contribution in [0.1, 0.15) is 22.5 Å². The van der Waals surface area contributed by atoms with Crippen molar-refractivity contribution >= 4 is 70.8 Å². The largest absolute Gasteiger partial charge is 0.456 e. The van der Waals surface area contributed by atoms with Gasteiger partial charge in [-0.05, 0) is 41.5 Å². The number of nitrogen functional groups attached to an aromatic ring is 1. The van der Waals surface area contributed by atoms with Crippen LogP contribution in [0.3, 0.4) is 0 Å².